The monoisotopic (exact) mass is 259 g/mol. The zero-order valence-corrected chi connectivity index (χ0v) is 11.6. The molecule has 1 aromatic carbocycles. The SMILES string of the molecule is CCCOc1cccc(NCc2nccn2CC)c1. The van der Waals surface area contributed by atoms with Crippen molar-refractivity contribution in [1.82, 2.24) is 9.55 Å². The van der Waals surface area contributed by atoms with Gasteiger partial charge in [0.1, 0.15) is 11.6 Å². The molecule has 1 heterocycles. The van der Waals surface area contributed by atoms with Gasteiger partial charge in [-0.25, -0.2) is 4.98 Å². The van der Waals surface area contributed by atoms with Crippen molar-refractivity contribution in [3.8, 4) is 5.75 Å². The number of anilines is 1. The lowest BCUT2D eigenvalue weighted by atomic mass is 10.3. The van der Waals surface area contributed by atoms with E-state index in [4.69, 9.17) is 4.74 Å². The third-order valence-electron chi connectivity index (χ3n) is 2.90. The van der Waals surface area contributed by atoms with Gasteiger partial charge in [0.2, 0.25) is 0 Å². The molecular formula is C15H21N3O. The summed E-state index contributed by atoms with van der Waals surface area (Å²) in [7, 11) is 0. The third kappa shape index (κ3) is 3.74. The highest BCUT2D eigenvalue weighted by molar-refractivity contribution is 5.48. The van der Waals surface area contributed by atoms with Crippen molar-refractivity contribution in [1.29, 1.82) is 0 Å². The van der Waals surface area contributed by atoms with Gasteiger partial charge in [0.05, 0.1) is 13.2 Å². The Morgan fingerprint density at radius 3 is 3.00 bits per heavy atom. The van der Waals surface area contributed by atoms with E-state index in [0.29, 0.717) is 0 Å². The van der Waals surface area contributed by atoms with Crippen LogP contribution in [0.4, 0.5) is 5.69 Å². The second-order valence-corrected chi connectivity index (χ2v) is 4.36. The van der Waals surface area contributed by atoms with Crippen molar-refractivity contribution in [2.45, 2.75) is 33.4 Å². The first-order valence-electron chi connectivity index (χ1n) is 6.80. The number of hydrogen-bond acceptors (Lipinski definition) is 3. The predicted octanol–water partition coefficient (Wildman–Crippen LogP) is 3.30. The third-order valence-corrected chi connectivity index (χ3v) is 2.90. The Labute approximate surface area is 114 Å². The first kappa shape index (κ1) is 13.5. The summed E-state index contributed by atoms with van der Waals surface area (Å²) in [5.74, 6) is 1.95. The quantitative estimate of drug-likeness (QED) is 0.829. The standard InChI is InChI=1S/C15H21N3O/c1-3-10-19-14-7-5-6-13(11-14)17-12-15-16-8-9-18(15)4-2/h5-9,11,17H,3-4,10,12H2,1-2H3. The van der Waals surface area contributed by atoms with E-state index in [1.54, 1.807) is 0 Å². The summed E-state index contributed by atoms with van der Waals surface area (Å²) in [5, 5.41) is 3.38. The lowest BCUT2D eigenvalue weighted by Gasteiger charge is -2.10. The highest BCUT2D eigenvalue weighted by Gasteiger charge is 2.01. The highest BCUT2D eigenvalue weighted by Crippen LogP contribution is 2.18. The molecule has 102 valence electrons. The van der Waals surface area contributed by atoms with Gasteiger partial charge < -0.3 is 14.6 Å². The van der Waals surface area contributed by atoms with Crippen LogP contribution in [0.15, 0.2) is 36.7 Å². The van der Waals surface area contributed by atoms with E-state index in [1.807, 2.05) is 36.7 Å². The number of rotatable bonds is 7. The van der Waals surface area contributed by atoms with Crippen molar-refractivity contribution in [3.63, 3.8) is 0 Å². The molecule has 2 aromatic rings. The minimum atomic E-state index is 0.720. The largest absolute Gasteiger partial charge is 0.494 e. The molecule has 0 fully saturated rings. The zero-order valence-electron chi connectivity index (χ0n) is 11.6. The Hall–Kier alpha value is -1.97. The normalized spacial score (nSPS) is 10.4. The second kappa shape index (κ2) is 6.83. The van der Waals surface area contributed by atoms with Crippen LogP contribution in [-0.2, 0) is 13.1 Å². The molecule has 4 heteroatoms. The molecular weight excluding hydrogens is 238 g/mol. The van der Waals surface area contributed by atoms with E-state index < -0.39 is 0 Å². The Bertz CT molecular complexity index is 508. The number of nitrogens with one attached hydrogen (secondary N) is 1. The van der Waals surface area contributed by atoms with Gasteiger partial charge in [0.25, 0.3) is 0 Å². The van der Waals surface area contributed by atoms with E-state index in [-0.39, 0.29) is 0 Å². The van der Waals surface area contributed by atoms with Gasteiger partial charge in [-0.15, -0.1) is 0 Å². The smallest absolute Gasteiger partial charge is 0.128 e. The number of ether oxygens (including phenoxy) is 1. The molecule has 4 nitrogen and oxygen atoms in total. The predicted molar refractivity (Wildman–Crippen MR) is 77.5 cm³/mol. The van der Waals surface area contributed by atoms with Gasteiger partial charge in [-0.1, -0.05) is 13.0 Å². The van der Waals surface area contributed by atoms with Crippen molar-refractivity contribution in [3.05, 3.63) is 42.5 Å². The number of benzene rings is 1. The maximum atomic E-state index is 5.62. The molecule has 0 aliphatic rings. The number of imidazole rings is 1. The van der Waals surface area contributed by atoms with E-state index in [1.165, 1.54) is 0 Å². The first-order valence-corrected chi connectivity index (χ1v) is 6.80. The van der Waals surface area contributed by atoms with Crippen molar-refractivity contribution in [2.24, 2.45) is 0 Å². The van der Waals surface area contributed by atoms with Crippen LogP contribution >= 0.6 is 0 Å². The average molecular weight is 259 g/mol. The molecule has 0 saturated heterocycles. The van der Waals surface area contributed by atoms with Crippen LogP contribution < -0.4 is 10.1 Å². The molecule has 0 spiro atoms. The van der Waals surface area contributed by atoms with Crippen LogP contribution in [-0.4, -0.2) is 16.2 Å². The summed E-state index contributed by atoms with van der Waals surface area (Å²) < 4.78 is 7.75. The van der Waals surface area contributed by atoms with Gasteiger partial charge in [0.15, 0.2) is 0 Å². The number of aryl methyl sites for hydroxylation is 1. The highest BCUT2D eigenvalue weighted by atomic mass is 16.5. The molecule has 0 unspecified atom stereocenters. The van der Waals surface area contributed by atoms with Crippen molar-refractivity contribution < 1.29 is 4.74 Å². The molecule has 2 rings (SSSR count). The molecule has 0 aliphatic heterocycles. The van der Waals surface area contributed by atoms with E-state index >= 15 is 0 Å². The van der Waals surface area contributed by atoms with Crippen LogP contribution in [0.25, 0.3) is 0 Å². The lowest BCUT2D eigenvalue weighted by molar-refractivity contribution is 0.317. The van der Waals surface area contributed by atoms with Crippen LogP contribution in [0, 0.1) is 0 Å². The second-order valence-electron chi connectivity index (χ2n) is 4.36. The summed E-state index contributed by atoms with van der Waals surface area (Å²) in [6.07, 6.45) is 4.85. The van der Waals surface area contributed by atoms with Gasteiger partial charge in [-0.3, -0.25) is 0 Å². The minimum absolute atomic E-state index is 0.720. The fourth-order valence-corrected chi connectivity index (χ4v) is 1.89. The van der Waals surface area contributed by atoms with Crippen LogP contribution in [0.1, 0.15) is 26.1 Å². The van der Waals surface area contributed by atoms with Crippen LogP contribution in [0.5, 0.6) is 5.75 Å². The van der Waals surface area contributed by atoms with Gasteiger partial charge in [-0.05, 0) is 25.5 Å². The number of aromatic nitrogens is 2. The Morgan fingerprint density at radius 2 is 2.21 bits per heavy atom. The molecule has 0 aliphatic carbocycles. The average Bonchev–Trinajstić information content (AvgIpc) is 2.91. The fourth-order valence-electron chi connectivity index (χ4n) is 1.89. The zero-order chi connectivity index (χ0) is 13.5. The van der Waals surface area contributed by atoms with Crippen molar-refractivity contribution >= 4 is 5.69 Å². The Balaban J connectivity index is 1.95. The Kier molecular flexibility index (Phi) is 4.84. The van der Waals surface area contributed by atoms with E-state index in [9.17, 15) is 0 Å². The Morgan fingerprint density at radius 1 is 1.32 bits per heavy atom. The first-order chi connectivity index (χ1) is 9.33. The molecule has 1 N–H and O–H groups in total. The number of nitrogens with zero attached hydrogens (tertiary/aromatic N) is 2. The van der Waals surface area contributed by atoms with E-state index in [0.717, 1.165) is 43.4 Å². The molecule has 0 saturated carbocycles. The minimum Gasteiger partial charge on any atom is -0.494 e. The maximum Gasteiger partial charge on any atom is 0.128 e. The van der Waals surface area contributed by atoms with Crippen molar-refractivity contribution in [2.75, 3.05) is 11.9 Å². The van der Waals surface area contributed by atoms with Crippen LogP contribution in [0.2, 0.25) is 0 Å². The molecule has 0 radical (unpaired) electrons. The summed E-state index contributed by atoms with van der Waals surface area (Å²) in [6.45, 7) is 6.63. The molecule has 1 aromatic heterocycles. The fraction of sp³-hybridized carbons (Fsp3) is 0.400. The lowest BCUT2D eigenvalue weighted by Crippen LogP contribution is -2.07. The van der Waals surface area contributed by atoms with Gasteiger partial charge in [0, 0.05) is 30.7 Å². The van der Waals surface area contributed by atoms with Gasteiger partial charge in [-0.2, -0.15) is 0 Å². The molecule has 0 atom stereocenters. The van der Waals surface area contributed by atoms with Gasteiger partial charge >= 0.3 is 0 Å². The summed E-state index contributed by atoms with van der Waals surface area (Å²) in [6, 6.07) is 8.04. The molecule has 0 amide bonds. The van der Waals surface area contributed by atoms with Crippen LogP contribution in [0.3, 0.4) is 0 Å². The summed E-state index contributed by atoms with van der Waals surface area (Å²) in [5.41, 5.74) is 1.05. The maximum absolute atomic E-state index is 5.62. The molecule has 0 bridgehead atoms. The number of hydrogen-bond donors (Lipinski definition) is 1. The summed E-state index contributed by atoms with van der Waals surface area (Å²) >= 11 is 0. The van der Waals surface area contributed by atoms with E-state index in [2.05, 4.69) is 28.7 Å². The molecule has 19 heavy (non-hydrogen) atoms. The topological polar surface area (TPSA) is 39.1 Å². The summed E-state index contributed by atoms with van der Waals surface area (Å²) in [4.78, 5) is 4.34.